The molecule has 0 aromatic rings. The molecule has 1 unspecified atom stereocenters. The summed E-state index contributed by atoms with van der Waals surface area (Å²) in [5.74, 6) is -0.986. The highest BCUT2D eigenvalue weighted by Crippen LogP contribution is 2.31. The minimum absolute atomic E-state index is 0.442. The van der Waals surface area contributed by atoms with Crippen molar-refractivity contribution < 1.29 is 19.4 Å². The maximum absolute atomic E-state index is 11.6. The van der Waals surface area contributed by atoms with Crippen LogP contribution in [-0.4, -0.2) is 39.8 Å². The minimum Gasteiger partial charge on any atom is -0.480 e. The Balaban J connectivity index is 2.67. The molecule has 1 rings (SSSR count). The van der Waals surface area contributed by atoms with Gasteiger partial charge in [0.25, 0.3) is 0 Å². The summed E-state index contributed by atoms with van der Waals surface area (Å²) in [7, 11) is 0. The second-order valence-electron chi connectivity index (χ2n) is 4.96. The van der Waals surface area contributed by atoms with Gasteiger partial charge in [-0.2, -0.15) is 0 Å². The summed E-state index contributed by atoms with van der Waals surface area (Å²) in [6, 6.07) is 0. The van der Waals surface area contributed by atoms with Crippen LogP contribution in [0, 0.1) is 0 Å². The molecule has 1 atom stereocenters. The zero-order valence-corrected chi connectivity index (χ0v) is 9.53. The van der Waals surface area contributed by atoms with Crippen molar-refractivity contribution >= 4 is 12.1 Å². The predicted molar refractivity (Wildman–Crippen MR) is 53.6 cm³/mol. The monoisotopic (exact) mass is 215 g/mol. The van der Waals surface area contributed by atoms with Gasteiger partial charge in [0.1, 0.15) is 11.1 Å². The molecule has 0 aromatic heterocycles. The average Bonchev–Trinajstić information content (AvgIpc) is 1.96. The summed E-state index contributed by atoms with van der Waals surface area (Å²) in [4.78, 5) is 23.8. The number of amides is 1. The molecule has 1 aliphatic rings. The minimum atomic E-state index is -1.09. The first-order valence-electron chi connectivity index (χ1n) is 4.91. The van der Waals surface area contributed by atoms with Crippen LogP contribution >= 0.6 is 0 Å². The van der Waals surface area contributed by atoms with Crippen LogP contribution in [0.25, 0.3) is 0 Å². The fourth-order valence-corrected chi connectivity index (χ4v) is 1.39. The number of hydrogen-bond donors (Lipinski definition) is 1. The SMILES string of the molecule is CC(C)(C)OC(=O)N1CCC1(C)C(=O)O. The maximum Gasteiger partial charge on any atom is 0.411 e. The van der Waals surface area contributed by atoms with Crippen LogP contribution in [0.5, 0.6) is 0 Å². The molecule has 0 aliphatic carbocycles. The molecule has 0 spiro atoms. The first-order chi connectivity index (χ1) is 6.67. The van der Waals surface area contributed by atoms with Crippen molar-refractivity contribution in [3.8, 4) is 0 Å². The third kappa shape index (κ3) is 2.22. The number of aliphatic carboxylic acids is 1. The number of nitrogens with zero attached hydrogens (tertiary/aromatic N) is 1. The predicted octanol–water partition coefficient (Wildman–Crippen LogP) is 1.47. The number of carboxylic acids is 1. The second-order valence-corrected chi connectivity index (χ2v) is 4.96. The van der Waals surface area contributed by atoms with E-state index in [2.05, 4.69) is 0 Å². The topological polar surface area (TPSA) is 66.8 Å². The molecular formula is C10H17NO4. The molecule has 0 bridgehead atoms. The zero-order chi connectivity index (χ0) is 11.9. The van der Waals surface area contributed by atoms with Gasteiger partial charge in [-0.3, -0.25) is 4.90 Å². The molecule has 1 heterocycles. The van der Waals surface area contributed by atoms with E-state index in [0.29, 0.717) is 13.0 Å². The van der Waals surface area contributed by atoms with E-state index in [4.69, 9.17) is 9.84 Å². The Bertz CT molecular complexity index is 294. The van der Waals surface area contributed by atoms with Crippen LogP contribution in [0.4, 0.5) is 4.79 Å². The van der Waals surface area contributed by atoms with Crippen LogP contribution < -0.4 is 0 Å². The first-order valence-corrected chi connectivity index (χ1v) is 4.91. The van der Waals surface area contributed by atoms with Gasteiger partial charge in [-0.25, -0.2) is 9.59 Å². The van der Waals surface area contributed by atoms with Gasteiger partial charge < -0.3 is 9.84 Å². The Morgan fingerprint density at radius 3 is 2.20 bits per heavy atom. The van der Waals surface area contributed by atoms with Crippen LogP contribution in [0.1, 0.15) is 34.1 Å². The quantitative estimate of drug-likeness (QED) is 0.719. The van der Waals surface area contributed by atoms with Crippen LogP contribution in [0.15, 0.2) is 0 Å². The summed E-state index contributed by atoms with van der Waals surface area (Å²) < 4.78 is 5.11. The van der Waals surface area contributed by atoms with Gasteiger partial charge in [-0.05, 0) is 34.1 Å². The van der Waals surface area contributed by atoms with Gasteiger partial charge in [0.2, 0.25) is 0 Å². The Morgan fingerprint density at radius 1 is 1.40 bits per heavy atom. The summed E-state index contributed by atoms with van der Waals surface area (Å²) in [5.41, 5.74) is -1.69. The van der Waals surface area contributed by atoms with Crippen molar-refractivity contribution in [3.63, 3.8) is 0 Å². The molecule has 5 heteroatoms. The maximum atomic E-state index is 11.6. The Labute approximate surface area is 89.0 Å². The first kappa shape index (κ1) is 11.8. The van der Waals surface area contributed by atoms with E-state index in [9.17, 15) is 9.59 Å². The van der Waals surface area contributed by atoms with Gasteiger partial charge in [0, 0.05) is 6.54 Å². The Morgan fingerprint density at radius 2 is 1.93 bits per heavy atom. The van der Waals surface area contributed by atoms with Crippen molar-refractivity contribution in [1.82, 2.24) is 4.90 Å². The Kier molecular flexibility index (Phi) is 2.67. The molecule has 1 fully saturated rings. The zero-order valence-electron chi connectivity index (χ0n) is 9.53. The molecule has 5 nitrogen and oxygen atoms in total. The van der Waals surface area contributed by atoms with Crippen LogP contribution in [-0.2, 0) is 9.53 Å². The van der Waals surface area contributed by atoms with E-state index in [1.807, 2.05) is 0 Å². The van der Waals surface area contributed by atoms with E-state index >= 15 is 0 Å². The van der Waals surface area contributed by atoms with Crippen molar-refractivity contribution in [2.45, 2.75) is 45.3 Å². The number of ether oxygens (including phenoxy) is 1. The van der Waals surface area contributed by atoms with Crippen molar-refractivity contribution in [2.75, 3.05) is 6.54 Å². The number of carboxylic acid groups (broad SMARTS) is 1. The third-order valence-corrected chi connectivity index (χ3v) is 2.49. The molecule has 0 aromatic carbocycles. The fraction of sp³-hybridized carbons (Fsp3) is 0.800. The molecule has 1 N–H and O–H groups in total. The highest BCUT2D eigenvalue weighted by Gasteiger charge is 2.51. The summed E-state index contributed by atoms with van der Waals surface area (Å²) in [6.45, 7) is 7.23. The molecular weight excluding hydrogens is 198 g/mol. The highest BCUT2D eigenvalue weighted by molar-refractivity contribution is 5.86. The van der Waals surface area contributed by atoms with Gasteiger partial charge in [0.05, 0.1) is 0 Å². The number of hydrogen-bond acceptors (Lipinski definition) is 3. The van der Waals surface area contributed by atoms with Crippen molar-refractivity contribution in [3.05, 3.63) is 0 Å². The van der Waals surface area contributed by atoms with Gasteiger partial charge >= 0.3 is 12.1 Å². The number of likely N-dealkylation sites (tertiary alicyclic amines) is 1. The van der Waals surface area contributed by atoms with Gasteiger partial charge in [0.15, 0.2) is 0 Å². The average molecular weight is 215 g/mol. The lowest BCUT2D eigenvalue weighted by atomic mass is 9.87. The van der Waals surface area contributed by atoms with Crippen LogP contribution in [0.3, 0.4) is 0 Å². The summed E-state index contributed by atoms with van der Waals surface area (Å²) in [6.07, 6.45) is -0.0830. The second kappa shape index (κ2) is 3.40. The van der Waals surface area contributed by atoms with E-state index in [1.54, 1.807) is 20.8 Å². The smallest absolute Gasteiger partial charge is 0.411 e. The largest absolute Gasteiger partial charge is 0.480 e. The van der Waals surface area contributed by atoms with E-state index in [1.165, 1.54) is 11.8 Å². The normalized spacial score (nSPS) is 25.7. The molecule has 1 aliphatic heterocycles. The Hall–Kier alpha value is -1.26. The lowest BCUT2D eigenvalue weighted by molar-refractivity contribution is -0.158. The number of carbonyl (C=O) groups excluding carboxylic acids is 1. The van der Waals surface area contributed by atoms with E-state index in [0.717, 1.165) is 0 Å². The molecule has 0 saturated carbocycles. The van der Waals surface area contributed by atoms with E-state index < -0.39 is 23.2 Å². The lowest BCUT2D eigenvalue weighted by Crippen LogP contribution is -2.65. The standard InChI is InChI=1S/C10H17NO4/c1-9(2,3)15-8(14)11-6-5-10(11,4)7(12)13/h5-6H2,1-4H3,(H,12,13). The van der Waals surface area contributed by atoms with Crippen molar-refractivity contribution in [2.24, 2.45) is 0 Å². The van der Waals surface area contributed by atoms with Crippen LogP contribution in [0.2, 0.25) is 0 Å². The molecule has 0 radical (unpaired) electrons. The van der Waals surface area contributed by atoms with Crippen molar-refractivity contribution in [1.29, 1.82) is 0 Å². The van der Waals surface area contributed by atoms with Gasteiger partial charge in [-0.1, -0.05) is 0 Å². The fourth-order valence-electron chi connectivity index (χ4n) is 1.39. The van der Waals surface area contributed by atoms with Gasteiger partial charge in [-0.15, -0.1) is 0 Å². The number of rotatable bonds is 1. The molecule has 1 amide bonds. The highest BCUT2D eigenvalue weighted by atomic mass is 16.6. The summed E-state index contributed by atoms with van der Waals surface area (Å²) >= 11 is 0. The molecule has 1 saturated heterocycles. The number of carbonyl (C=O) groups is 2. The van der Waals surface area contributed by atoms with E-state index in [-0.39, 0.29) is 0 Å². The third-order valence-electron chi connectivity index (χ3n) is 2.49. The molecule has 86 valence electrons. The lowest BCUT2D eigenvalue weighted by Gasteiger charge is -2.46. The summed E-state index contributed by atoms with van der Waals surface area (Å²) in [5, 5.41) is 8.96. The molecule has 15 heavy (non-hydrogen) atoms.